The molecule has 1 saturated heterocycles. The lowest BCUT2D eigenvalue weighted by atomic mass is 9.84. The second kappa shape index (κ2) is 51.9. The molecule has 0 radical (unpaired) electrons. The molecule has 0 aromatic heterocycles. The van der Waals surface area contributed by atoms with E-state index < -0.39 is 256 Å². The van der Waals surface area contributed by atoms with Gasteiger partial charge in [-0.3, -0.25) is 86.3 Å². The summed E-state index contributed by atoms with van der Waals surface area (Å²) in [5.74, 6) is -26.9. The third-order valence-corrected chi connectivity index (χ3v) is 18.4. The van der Waals surface area contributed by atoms with E-state index in [1.54, 1.807) is 43.3 Å². The van der Waals surface area contributed by atoms with Crippen LogP contribution in [0.5, 0.6) is 0 Å². The Hall–Kier alpha value is -11.6. The van der Waals surface area contributed by atoms with E-state index in [1.165, 1.54) is 32.0 Å². The van der Waals surface area contributed by atoms with E-state index in [1.807, 2.05) is 0 Å². The Morgan fingerprint density at radius 2 is 1.25 bits per heavy atom. The van der Waals surface area contributed by atoms with Crippen LogP contribution in [0.1, 0.15) is 160 Å². The number of ether oxygens (including phenoxy) is 3. The molecule has 1 aliphatic heterocycles. The van der Waals surface area contributed by atoms with Gasteiger partial charge >= 0.3 is 17.9 Å². The third kappa shape index (κ3) is 35.4. The van der Waals surface area contributed by atoms with Crippen molar-refractivity contribution in [1.82, 2.24) is 53.2 Å². The number of nitrogens with two attached hydrogens (primary N) is 2. The Morgan fingerprint density at radius 1 is 0.649 bits per heavy atom. The Bertz CT molecular complexity index is 3670. The molecule has 2 aromatic carbocycles. The number of anilines is 1. The summed E-state index contributed by atoms with van der Waals surface area (Å²) in [6.45, 7) is 6.57. The van der Waals surface area contributed by atoms with Crippen LogP contribution in [0.4, 0.5) is 5.69 Å². The number of ketones is 4. The maximum Gasteiger partial charge on any atom is 0.329 e. The van der Waals surface area contributed by atoms with Crippen LogP contribution in [0.15, 0.2) is 66.9 Å². The molecule has 0 aliphatic carbocycles. The SMILES string of the molecule is C=C1NCC(=O)N[C@H](CO)C(=O)C[C@@H]([C@H](C)CC(=O)O)C(=O)N[C@@H](CC(=O)c2ccccc2NCC)C(=O)O[C@H](C)[C@H](NC(=O)[C@H](CC(=O)O)CC(=O)[C@@H](CC(N)=O)NC(=O)[C@H](Cc2ccccc2)NC(=O)CCCCCCCCC)C(=O)NCC(=O)N[C@@H](CCCN)C(=O)C[C@@H](COC=O)C(=O)N[C@H](C)C(=O)N[C@H]1COC=O. The second-order valence-electron chi connectivity index (χ2n) is 27.6. The number of hydrogen-bond acceptors (Lipinski definition) is 26. The molecule has 10 amide bonds. The molecule has 1 fully saturated rings. The van der Waals surface area contributed by atoms with Gasteiger partial charge < -0.3 is 99.5 Å². The maximum absolute atomic E-state index is 15.0. The normalized spacial score (nSPS) is 21.3. The molecule has 0 unspecified atom stereocenters. The van der Waals surface area contributed by atoms with Gasteiger partial charge in [-0.05, 0) is 70.2 Å². The first-order valence-electron chi connectivity index (χ1n) is 37.6. The lowest BCUT2D eigenvalue weighted by molar-refractivity contribution is -0.156. The quantitative estimate of drug-likeness (QED) is 0.0117. The minimum Gasteiger partial charge on any atom is -0.481 e. The molecule has 628 valence electrons. The Morgan fingerprint density at radius 3 is 1.88 bits per heavy atom. The highest BCUT2D eigenvalue weighted by atomic mass is 16.5. The van der Waals surface area contributed by atoms with Crippen molar-refractivity contribution in [3.63, 3.8) is 0 Å². The van der Waals surface area contributed by atoms with Crippen LogP contribution < -0.4 is 70.0 Å². The highest BCUT2D eigenvalue weighted by Crippen LogP contribution is 2.25. The first-order chi connectivity index (χ1) is 54.2. The fourth-order valence-corrected chi connectivity index (χ4v) is 12.1. The zero-order valence-electron chi connectivity index (χ0n) is 64.7. The number of nitrogens with one attached hydrogen (secondary N) is 11. The van der Waals surface area contributed by atoms with E-state index in [2.05, 4.69) is 72.0 Å². The average molecular weight is 1600 g/mol. The molecule has 3 rings (SSSR count). The van der Waals surface area contributed by atoms with Crippen molar-refractivity contribution in [2.75, 3.05) is 51.3 Å². The van der Waals surface area contributed by atoms with Crippen LogP contribution in [-0.2, 0) is 107 Å². The van der Waals surface area contributed by atoms with Crippen molar-refractivity contribution in [1.29, 1.82) is 0 Å². The smallest absolute Gasteiger partial charge is 0.329 e. The molecule has 0 spiro atoms. The number of carboxylic acids is 2. The number of carboxylic acid groups (broad SMARTS) is 2. The first-order valence-corrected chi connectivity index (χ1v) is 37.6. The number of carbonyl (C=O) groups is 19. The van der Waals surface area contributed by atoms with E-state index in [-0.39, 0.29) is 68.7 Å². The number of cyclic esters (lactones) is 1. The van der Waals surface area contributed by atoms with Gasteiger partial charge in [0.2, 0.25) is 59.1 Å². The number of aliphatic hydroxyl groups excluding tert-OH is 1. The van der Waals surface area contributed by atoms with E-state index in [0.29, 0.717) is 12.0 Å². The minimum atomic E-state index is -2.33. The van der Waals surface area contributed by atoms with Crippen LogP contribution in [0.2, 0.25) is 0 Å². The molecule has 13 atom stereocenters. The summed E-state index contributed by atoms with van der Waals surface area (Å²) in [5, 5.41) is 57.6. The average Bonchev–Trinajstić information content (AvgIpc) is 0.836. The van der Waals surface area contributed by atoms with Crippen molar-refractivity contribution >= 4 is 119 Å². The van der Waals surface area contributed by atoms with Crippen molar-refractivity contribution < 1.29 is 121 Å². The lowest BCUT2D eigenvalue weighted by Crippen LogP contribution is -2.57. The van der Waals surface area contributed by atoms with Gasteiger partial charge in [0.05, 0.1) is 56.5 Å². The van der Waals surface area contributed by atoms with Crippen LogP contribution >= 0.6 is 0 Å². The summed E-state index contributed by atoms with van der Waals surface area (Å²) in [4.78, 5) is 260. The molecule has 2 aromatic rings. The predicted molar refractivity (Wildman–Crippen MR) is 405 cm³/mol. The van der Waals surface area contributed by atoms with E-state index in [4.69, 9.17) is 25.7 Å². The molecule has 0 bridgehead atoms. The van der Waals surface area contributed by atoms with Gasteiger partial charge in [-0.25, -0.2) is 4.79 Å². The van der Waals surface area contributed by atoms with Crippen molar-refractivity contribution in [3.8, 4) is 0 Å². The van der Waals surface area contributed by atoms with Crippen LogP contribution in [-0.4, -0.2) is 229 Å². The molecule has 1 heterocycles. The van der Waals surface area contributed by atoms with Crippen LogP contribution in [0.25, 0.3) is 0 Å². The summed E-state index contributed by atoms with van der Waals surface area (Å²) < 4.78 is 15.5. The summed E-state index contributed by atoms with van der Waals surface area (Å²) in [5.41, 5.74) is 11.9. The van der Waals surface area contributed by atoms with Gasteiger partial charge in [-0.1, -0.05) is 101 Å². The van der Waals surface area contributed by atoms with Gasteiger partial charge in [-0.2, -0.15) is 0 Å². The Labute approximate surface area is 659 Å². The van der Waals surface area contributed by atoms with E-state index in [9.17, 15) is 102 Å². The first kappa shape index (κ1) is 96.6. The molecule has 114 heavy (non-hydrogen) atoms. The van der Waals surface area contributed by atoms with Gasteiger partial charge in [0.15, 0.2) is 23.1 Å². The second-order valence-corrected chi connectivity index (χ2v) is 27.6. The van der Waals surface area contributed by atoms with Gasteiger partial charge in [0, 0.05) is 74.4 Å². The van der Waals surface area contributed by atoms with Gasteiger partial charge in [-0.15, -0.1) is 0 Å². The zero-order valence-corrected chi connectivity index (χ0v) is 64.7. The molecule has 38 heteroatoms. The van der Waals surface area contributed by atoms with Crippen LogP contribution in [0.3, 0.4) is 0 Å². The molecule has 38 nitrogen and oxygen atoms in total. The number of unbranched alkanes of at least 4 members (excludes halogenated alkanes) is 6. The molecular formula is C76H109N13O25. The van der Waals surface area contributed by atoms with Crippen molar-refractivity contribution in [3.05, 3.63) is 78.0 Å². The third-order valence-electron chi connectivity index (χ3n) is 18.4. The lowest BCUT2D eigenvalue weighted by Gasteiger charge is -2.29. The largest absolute Gasteiger partial charge is 0.481 e. The maximum atomic E-state index is 15.0. The highest BCUT2D eigenvalue weighted by molar-refractivity contribution is 6.05. The van der Waals surface area contributed by atoms with E-state index in [0.717, 1.165) is 45.4 Å². The van der Waals surface area contributed by atoms with Crippen LogP contribution in [0, 0.1) is 23.7 Å². The number of primary amides is 1. The van der Waals surface area contributed by atoms with Gasteiger partial charge in [0.25, 0.3) is 12.9 Å². The fraction of sp³-hybridized carbons (Fsp3) is 0.566. The van der Waals surface area contributed by atoms with Crippen molar-refractivity contribution in [2.45, 2.75) is 205 Å². The number of amides is 10. The predicted octanol–water partition coefficient (Wildman–Crippen LogP) is -1.60. The minimum absolute atomic E-state index is 0.00795. The van der Waals surface area contributed by atoms with Gasteiger partial charge in [0.1, 0.15) is 55.6 Å². The monoisotopic (exact) mass is 1600 g/mol. The summed E-state index contributed by atoms with van der Waals surface area (Å²) in [7, 11) is 0. The molecule has 1 aliphatic rings. The number of Topliss-reactive ketones (excluding diaryl/α,β-unsaturated/α-hetero) is 4. The number of hydrogen-bond donors (Lipinski definition) is 16. The topological polar surface area (TPSA) is 597 Å². The zero-order chi connectivity index (χ0) is 85.0. The number of aliphatic hydroxyl groups is 1. The number of aliphatic carboxylic acids is 2. The highest BCUT2D eigenvalue weighted by Gasteiger charge is 2.41. The van der Waals surface area contributed by atoms with Crippen molar-refractivity contribution in [2.24, 2.45) is 35.1 Å². The molecule has 0 saturated carbocycles. The number of para-hydroxylation sites is 1. The number of esters is 1. The Balaban J connectivity index is 2.30. The number of benzene rings is 2. The molecule has 18 N–H and O–H groups in total. The number of carbonyl (C=O) groups excluding carboxylic acids is 17. The standard InChI is InChI=1S/C76H109N13O25/c1-7-9-10-11-12-13-17-26-64(98)84-55(29-47-21-15-14-16-22-47)74(109)86-54(35-63(78)97)61(95)30-48(32-68(103)104)71(106)89-69-46(6)114-76(111)56(34-59(93)50-23-18-19-24-52(50)79-8-2)87-73(108)51(43(3)28-67(101)102)33-62(96)57(38-90)85-65(99)36-80-44(4)58(40-113-42-92)88-70(105)45(5)82-72(107)49(39-112-41-91)31-60(94)53(25-20-27-77)83-66(100)37-81-75(69)110/h14-16,18-19,21-24,41-43,45-46,48-49,51,53-58,69,79-80,90H,4,7-13,17,20,25-40,77H2,1-3,5-6H3,(H2,78,97)(H,81,110)(H,82,107)(H,83,100)(H,84,98)(H,85,99)(H,86,109)(H,87,108)(H,88,105)(H,89,106)(H,101,102)(H,103,104)/t43-,45-,46-,48+,49+,51+,53+,54-,55+,56+,57-,58+,69+/m1/s1. The summed E-state index contributed by atoms with van der Waals surface area (Å²) in [6, 6.07) is 0.132. The fourth-order valence-electron chi connectivity index (χ4n) is 12.1. The Kier molecular flexibility index (Phi) is 44.0. The molecular weight excluding hydrogens is 1490 g/mol. The van der Waals surface area contributed by atoms with E-state index >= 15 is 4.79 Å². The number of rotatable bonds is 40. The summed E-state index contributed by atoms with van der Waals surface area (Å²) in [6.07, 6.45) is -3.24. The summed E-state index contributed by atoms with van der Waals surface area (Å²) >= 11 is 0.